The number of Topliss-reactive ketones (excluding diaryl/α,β-unsaturated/α-hetero) is 1. The fraction of sp³-hybridized carbons (Fsp3) is 0.182. The normalized spacial score (nSPS) is 13.5. The molecule has 0 saturated heterocycles. The van der Waals surface area contributed by atoms with Gasteiger partial charge in [-0.2, -0.15) is 0 Å². The van der Waals surface area contributed by atoms with Gasteiger partial charge in [-0.15, -0.1) is 0 Å². The molecule has 0 unspecified atom stereocenters. The van der Waals surface area contributed by atoms with Crippen LogP contribution in [0.4, 0.5) is 0 Å². The third kappa shape index (κ3) is 1.30. The van der Waals surface area contributed by atoms with E-state index in [9.17, 15) is 4.79 Å². The Kier molecular flexibility index (Phi) is 2.44. The molecule has 0 heterocycles. The first-order valence-corrected chi connectivity index (χ1v) is 3.67. The molecule has 2 rings (SSSR count). The van der Waals surface area contributed by atoms with Gasteiger partial charge in [0.05, 0.1) is 0 Å². The zero-order valence-corrected chi connectivity index (χ0v) is 6.08. The highest BCUT2D eigenvalue weighted by molar-refractivity contribution is 6.02. The molecule has 0 saturated carbocycles. The molecule has 0 bridgehead atoms. The Morgan fingerprint density at radius 1 is 1.17 bits per heavy atom. The molecule has 0 aromatic heterocycles. The molecule has 62 valence electrons. The van der Waals surface area contributed by atoms with Crippen LogP contribution in [0.2, 0.25) is 0 Å². The van der Waals surface area contributed by atoms with Crippen molar-refractivity contribution in [3.63, 3.8) is 0 Å². The second-order valence-corrected chi connectivity index (χ2v) is 2.62. The molecule has 0 spiro atoms. The van der Waals surface area contributed by atoms with E-state index in [1.165, 1.54) is 0 Å². The Bertz CT molecular complexity index is 324. The van der Waals surface area contributed by atoms with Crippen LogP contribution in [0.1, 0.15) is 29.8 Å². The Morgan fingerprint density at radius 2 is 1.92 bits per heavy atom. The average Bonchev–Trinajstić information content (AvgIpc) is 2.06. The van der Waals surface area contributed by atoms with Gasteiger partial charge in [0.2, 0.25) is 0 Å². The molecule has 1 aromatic rings. The van der Waals surface area contributed by atoms with E-state index in [2.05, 4.69) is 0 Å². The SMILES string of the molecule is C.O=C1CC=Cc2ccccc21. The number of allylic oxidation sites excluding steroid dienone is 1. The fourth-order valence-electron chi connectivity index (χ4n) is 1.30. The number of ketones is 1. The standard InChI is InChI=1S/C10H8O.CH4/c11-10-7-3-5-8-4-1-2-6-9(8)10;/h1-6H,7H2;1H4. The maximum atomic E-state index is 11.2. The first-order chi connectivity index (χ1) is 5.38. The number of fused-ring (bicyclic) bond motifs is 1. The number of hydrogen-bond acceptors (Lipinski definition) is 1. The van der Waals surface area contributed by atoms with Gasteiger partial charge < -0.3 is 0 Å². The number of hydrogen-bond donors (Lipinski definition) is 0. The monoisotopic (exact) mass is 160 g/mol. The van der Waals surface area contributed by atoms with E-state index < -0.39 is 0 Å². The highest BCUT2D eigenvalue weighted by atomic mass is 16.1. The van der Waals surface area contributed by atoms with Crippen molar-refractivity contribution < 1.29 is 4.79 Å². The van der Waals surface area contributed by atoms with Gasteiger partial charge in [0, 0.05) is 12.0 Å². The molecule has 1 aliphatic rings. The lowest BCUT2D eigenvalue weighted by Crippen LogP contribution is -2.02. The van der Waals surface area contributed by atoms with Crippen molar-refractivity contribution in [1.29, 1.82) is 0 Å². The second-order valence-electron chi connectivity index (χ2n) is 2.62. The summed E-state index contributed by atoms with van der Waals surface area (Å²) in [5.41, 5.74) is 1.90. The molecular weight excluding hydrogens is 148 g/mol. The van der Waals surface area contributed by atoms with E-state index in [1.807, 2.05) is 36.4 Å². The van der Waals surface area contributed by atoms with Crippen LogP contribution in [0, 0.1) is 0 Å². The van der Waals surface area contributed by atoms with Crippen LogP contribution in [0.25, 0.3) is 6.08 Å². The van der Waals surface area contributed by atoms with Crippen molar-refractivity contribution in [2.45, 2.75) is 13.8 Å². The zero-order chi connectivity index (χ0) is 7.68. The molecule has 1 heteroatoms. The number of rotatable bonds is 0. The van der Waals surface area contributed by atoms with Gasteiger partial charge in [-0.25, -0.2) is 0 Å². The van der Waals surface area contributed by atoms with Gasteiger partial charge in [-0.3, -0.25) is 4.79 Å². The van der Waals surface area contributed by atoms with Crippen molar-refractivity contribution >= 4 is 11.9 Å². The maximum Gasteiger partial charge on any atom is 0.167 e. The van der Waals surface area contributed by atoms with Crippen LogP contribution in [0.5, 0.6) is 0 Å². The fourth-order valence-corrected chi connectivity index (χ4v) is 1.30. The summed E-state index contributed by atoms with van der Waals surface area (Å²) in [7, 11) is 0. The van der Waals surface area contributed by atoms with Crippen LogP contribution in [0.15, 0.2) is 30.3 Å². The summed E-state index contributed by atoms with van der Waals surface area (Å²) in [5, 5.41) is 0. The first-order valence-electron chi connectivity index (χ1n) is 3.67. The maximum absolute atomic E-state index is 11.2. The predicted molar refractivity (Wildman–Crippen MR) is 51.2 cm³/mol. The van der Waals surface area contributed by atoms with Gasteiger partial charge in [-0.05, 0) is 5.56 Å². The molecule has 12 heavy (non-hydrogen) atoms. The summed E-state index contributed by atoms with van der Waals surface area (Å²) in [6.07, 6.45) is 4.46. The summed E-state index contributed by atoms with van der Waals surface area (Å²) < 4.78 is 0. The lowest BCUT2D eigenvalue weighted by Gasteiger charge is -2.07. The summed E-state index contributed by atoms with van der Waals surface area (Å²) in [6.45, 7) is 0. The van der Waals surface area contributed by atoms with E-state index in [4.69, 9.17) is 0 Å². The average molecular weight is 160 g/mol. The van der Waals surface area contributed by atoms with Gasteiger partial charge in [-0.1, -0.05) is 43.8 Å². The predicted octanol–water partition coefficient (Wildman–Crippen LogP) is 2.92. The van der Waals surface area contributed by atoms with E-state index in [1.54, 1.807) is 0 Å². The van der Waals surface area contributed by atoms with Crippen LogP contribution in [0.3, 0.4) is 0 Å². The van der Waals surface area contributed by atoms with Crippen LogP contribution in [-0.2, 0) is 0 Å². The highest BCUT2D eigenvalue weighted by Crippen LogP contribution is 2.17. The number of carbonyl (C=O) groups excluding carboxylic acids is 1. The summed E-state index contributed by atoms with van der Waals surface area (Å²) >= 11 is 0. The molecule has 1 aliphatic carbocycles. The molecule has 0 atom stereocenters. The Balaban J connectivity index is 0.000000720. The largest absolute Gasteiger partial charge is 0.294 e. The quantitative estimate of drug-likeness (QED) is 0.570. The van der Waals surface area contributed by atoms with Crippen molar-refractivity contribution in [2.75, 3.05) is 0 Å². The molecule has 1 nitrogen and oxygen atoms in total. The number of benzene rings is 1. The Labute approximate surface area is 72.7 Å². The lowest BCUT2D eigenvalue weighted by atomic mass is 9.97. The molecule has 0 radical (unpaired) electrons. The minimum atomic E-state index is 0. The van der Waals surface area contributed by atoms with E-state index >= 15 is 0 Å². The molecule has 0 N–H and O–H groups in total. The van der Waals surface area contributed by atoms with Crippen molar-refractivity contribution in [1.82, 2.24) is 0 Å². The third-order valence-corrected chi connectivity index (χ3v) is 1.86. The molecule has 0 fully saturated rings. The lowest BCUT2D eigenvalue weighted by molar-refractivity contribution is 0.0994. The molecule has 0 amide bonds. The van der Waals surface area contributed by atoms with Crippen molar-refractivity contribution in [3.05, 3.63) is 41.5 Å². The van der Waals surface area contributed by atoms with Crippen molar-refractivity contribution in [2.24, 2.45) is 0 Å². The van der Waals surface area contributed by atoms with Crippen LogP contribution >= 0.6 is 0 Å². The van der Waals surface area contributed by atoms with Crippen LogP contribution < -0.4 is 0 Å². The minimum absolute atomic E-state index is 0. The molecule has 0 aliphatic heterocycles. The van der Waals surface area contributed by atoms with Crippen LogP contribution in [-0.4, -0.2) is 5.78 Å². The zero-order valence-electron chi connectivity index (χ0n) is 6.08. The van der Waals surface area contributed by atoms with E-state index in [0.717, 1.165) is 11.1 Å². The second kappa shape index (κ2) is 3.35. The van der Waals surface area contributed by atoms with Gasteiger partial charge in [0.25, 0.3) is 0 Å². The highest BCUT2D eigenvalue weighted by Gasteiger charge is 2.10. The number of carbonyl (C=O) groups is 1. The van der Waals surface area contributed by atoms with E-state index in [0.29, 0.717) is 6.42 Å². The van der Waals surface area contributed by atoms with Crippen molar-refractivity contribution in [3.8, 4) is 0 Å². The topological polar surface area (TPSA) is 17.1 Å². The smallest absolute Gasteiger partial charge is 0.167 e. The summed E-state index contributed by atoms with van der Waals surface area (Å²) in [5.74, 6) is 0.225. The van der Waals surface area contributed by atoms with Gasteiger partial charge in [0.15, 0.2) is 5.78 Å². The third-order valence-electron chi connectivity index (χ3n) is 1.86. The summed E-state index contributed by atoms with van der Waals surface area (Å²) in [4.78, 5) is 11.2. The molecule has 1 aromatic carbocycles. The van der Waals surface area contributed by atoms with Gasteiger partial charge in [0.1, 0.15) is 0 Å². The van der Waals surface area contributed by atoms with Gasteiger partial charge >= 0.3 is 0 Å². The Morgan fingerprint density at radius 3 is 2.67 bits per heavy atom. The molecular formula is C11H12O. The minimum Gasteiger partial charge on any atom is -0.294 e. The Hall–Kier alpha value is -1.37. The van der Waals surface area contributed by atoms with E-state index in [-0.39, 0.29) is 13.2 Å². The first kappa shape index (κ1) is 8.72. The summed E-state index contributed by atoms with van der Waals surface area (Å²) in [6, 6.07) is 7.68.